The van der Waals surface area contributed by atoms with E-state index >= 15 is 0 Å². The van der Waals surface area contributed by atoms with Gasteiger partial charge in [-0.2, -0.15) is 0 Å². The lowest BCUT2D eigenvalue weighted by Crippen LogP contribution is -2.44. The topological polar surface area (TPSA) is 138 Å². The van der Waals surface area contributed by atoms with E-state index < -0.39 is 46.7 Å². The molecule has 228 valence electrons. The van der Waals surface area contributed by atoms with Crippen LogP contribution in [0.25, 0.3) is 11.1 Å². The van der Waals surface area contributed by atoms with E-state index in [-0.39, 0.29) is 33.7 Å². The number of nitrogens with zero attached hydrogens (tertiary/aromatic N) is 3. The second-order valence-corrected chi connectivity index (χ2v) is 12.5. The summed E-state index contributed by atoms with van der Waals surface area (Å²) >= 11 is 4.84. The molecular weight excluding hydrogens is 609 g/mol. The first-order chi connectivity index (χ1) is 21.0. The first kappa shape index (κ1) is 31.2. The maximum absolute atomic E-state index is 14.3. The molecule has 3 atom stereocenters. The predicted octanol–water partition coefficient (Wildman–Crippen LogP) is 3.80. The molecule has 0 fully saturated rings. The van der Waals surface area contributed by atoms with Gasteiger partial charge in [0.1, 0.15) is 23.9 Å². The molecule has 0 aliphatic heterocycles. The highest BCUT2D eigenvalue weighted by atomic mass is 35.5. The van der Waals surface area contributed by atoms with Crippen LogP contribution < -0.4 is 21.9 Å². The molecule has 2 N–H and O–H groups in total. The van der Waals surface area contributed by atoms with Crippen LogP contribution in [0.3, 0.4) is 0 Å². The Balaban J connectivity index is 1.37. The number of hydrogen-bond acceptors (Lipinski definition) is 6. The Morgan fingerprint density at radius 1 is 1.09 bits per heavy atom. The summed E-state index contributed by atoms with van der Waals surface area (Å²) in [5.74, 6) is -1.25. The van der Waals surface area contributed by atoms with Gasteiger partial charge in [0.25, 0.3) is 5.56 Å². The number of fused-ring (bicyclic) bond motifs is 1. The van der Waals surface area contributed by atoms with Gasteiger partial charge >= 0.3 is 5.69 Å². The van der Waals surface area contributed by atoms with Gasteiger partial charge < -0.3 is 15.2 Å². The number of pyridine rings is 1. The molecule has 13 heteroatoms. The molecule has 0 bridgehead atoms. The van der Waals surface area contributed by atoms with Crippen LogP contribution in [0.5, 0.6) is 0 Å². The van der Waals surface area contributed by atoms with Gasteiger partial charge in [-0.25, -0.2) is 14.2 Å². The molecule has 3 unspecified atom stereocenters. The number of carbonyl (C=O) groups excluding carboxylic acids is 2. The third kappa shape index (κ3) is 6.77. The summed E-state index contributed by atoms with van der Waals surface area (Å²) in [6, 6.07) is 13.8. The van der Waals surface area contributed by atoms with Gasteiger partial charge in [0.05, 0.1) is 22.9 Å². The third-order valence-electron chi connectivity index (χ3n) is 7.37. The quantitative estimate of drug-likeness (QED) is 0.268. The molecule has 4 aromatic rings. The largest absolute Gasteiger partial charge is 0.616 e. The molecule has 2 aromatic heterocycles. The summed E-state index contributed by atoms with van der Waals surface area (Å²) in [5.41, 5.74) is 0.842. The molecule has 2 amide bonds. The van der Waals surface area contributed by atoms with Crippen molar-refractivity contribution in [3.8, 4) is 11.1 Å². The molecule has 5 rings (SSSR count). The van der Waals surface area contributed by atoms with Crippen molar-refractivity contribution < 1.29 is 18.5 Å². The van der Waals surface area contributed by atoms with Crippen LogP contribution in [0, 0.1) is 11.7 Å². The van der Waals surface area contributed by atoms with E-state index in [9.17, 15) is 28.1 Å². The number of rotatable bonds is 9. The molecule has 2 aromatic carbocycles. The fourth-order valence-corrected chi connectivity index (χ4v) is 6.39. The lowest BCUT2D eigenvalue weighted by Gasteiger charge is -2.19. The zero-order valence-electron chi connectivity index (χ0n) is 23.9. The monoisotopic (exact) mass is 637 g/mol. The fraction of sp³-hybridized carbons (Fsp3) is 0.258. The van der Waals surface area contributed by atoms with Gasteiger partial charge in [0.2, 0.25) is 11.8 Å². The zero-order valence-corrected chi connectivity index (χ0v) is 25.5. The number of nitrogens with one attached hydrogen (secondary N) is 2. The molecule has 0 saturated carbocycles. The van der Waals surface area contributed by atoms with Crippen molar-refractivity contribution >= 4 is 46.1 Å². The number of carbonyl (C=O) groups is 2. The van der Waals surface area contributed by atoms with Crippen molar-refractivity contribution in [1.82, 2.24) is 14.1 Å². The molecule has 44 heavy (non-hydrogen) atoms. The number of aromatic nitrogens is 3. The predicted molar refractivity (Wildman–Crippen MR) is 168 cm³/mol. The summed E-state index contributed by atoms with van der Waals surface area (Å²) in [4.78, 5) is 56.9. The van der Waals surface area contributed by atoms with Crippen molar-refractivity contribution in [3.63, 3.8) is 0 Å². The Hall–Kier alpha value is -4.26. The fourth-order valence-electron chi connectivity index (χ4n) is 5.34. The Morgan fingerprint density at radius 3 is 2.59 bits per heavy atom. The van der Waals surface area contributed by atoms with Crippen molar-refractivity contribution in [2.75, 3.05) is 22.6 Å². The van der Waals surface area contributed by atoms with Crippen LogP contribution in [-0.2, 0) is 40.2 Å². The minimum Gasteiger partial charge on any atom is -0.616 e. The van der Waals surface area contributed by atoms with Gasteiger partial charge in [0.15, 0.2) is 0 Å². The zero-order chi connectivity index (χ0) is 31.5. The third-order valence-corrected chi connectivity index (χ3v) is 8.70. The second-order valence-electron chi connectivity index (χ2n) is 10.7. The van der Waals surface area contributed by atoms with E-state index in [0.717, 1.165) is 26.3 Å². The molecular formula is C31H29ClFN5O5S. The Morgan fingerprint density at radius 2 is 1.86 bits per heavy atom. The van der Waals surface area contributed by atoms with E-state index in [4.69, 9.17) is 11.6 Å². The van der Waals surface area contributed by atoms with E-state index in [2.05, 4.69) is 15.6 Å². The first-order valence-corrected chi connectivity index (χ1v) is 15.9. The molecule has 1 aliphatic rings. The van der Waals surface area contributed by atoms with Crippen molar-refractivity contribution in [2.45, 2.75) is 32.4 Å². The molecule has 0 saturated heterocycles. The molecule has 0 radical (unpaired) electrons. The molecule has 0 spiro atoms. The van der Waals surface area contributed by atoms with Crippen molar-refractivity contribution in [3.05, 3.63) is 110 Å². The lowest BCUT2D eigenvalue weighted by atomic mass is 10.1. The molecule has 2 heterocycles. The number of halogens is 2. The van der Waals surface area contributed by atoms with Crippen LogP contribution >= 0.6 is 11.6 Å². The van der Waals surface area contributed by atoms with E-state index in [0.29, 0.717) is 24.3 Å². The van der Waals surface area contributed by atoms with Crippen LogP contribution in [0.15, 0.2) is 76.6 Å². The first-order valence-electron chi connectivity index (χ1n) is 13.8. The van der Waals surface area contributed by atoms with Crippen LogP contribution in [-0.4, -0.2) is 42.5 Å². The average Bonchev–Trinajstić information content (AvgIpc) is 3.40. The van der Waals surface area contributed by atoms with Crippen LogP contribution in [0.1, 0.15) is 24.1 Å². The van der Waals surface area contributed by atoms with Gasteiger partial charge in [-0.15, -0.1) is 0 Å². The van der Waals surface area contributed by atoms with E-state index in [1.165, 1.54) is 24.6 Å². The highest BCUT2D eigenvalue weighted by Crippen LogP contribution is 2.30. The lowest BCUT2D eigenvalue weighted by molar-refractivity contribution is -0.119. The Labute approximate surface area is 260 Å². The summed E-state index contributed by atoms with van der Waals surface area (Å²) in [6.45, 7) is 1.10. The molecule has 1 aliphatic carbocycles. The second kappa shape index (κ2) is 13.2. The van der Waals surface area contributed by atoms with Gasteiger partial charge in [0, 0.05) is 29.6 Å². The smallest absolute Gasteiger partial charge is 0.331 e. The number of benzene rings is 2. The highest BCUT2D eigenvalue weighted by Gasteiger charge is 2.28. The van der Waals surface area contributed by atoms with Crippen molar-refractivity contribution in [2.24, 2.45) is 5.92 Å². The summed E-state index contributed by atoms with van der Waals surface area (Å²) in [5, 5.41) is 5.30. The SMILES string of the molecule is CC(C[S+](C)[O-])n1c(=O)c(-c2cccc(F)c2Cl)cn(CC(=O)Nc2ccc3c(c2)CC(C(=O)Nc2ccccn2)C3)c1=O. The van der Waals surface area contributed by atoms with E-state index in [1.807, 2.05) is 6.07 Å². The minimum atomic E-state index is -1.33. The number of hydrogen-bond donors (Lipinski definition) is 2. The van der Waals surface area contributed by atoms with Crippen LogP contribution in [0.2, 0.25) is 5.02 Å². The van der Waals surface area contributed by atoms with Crippen LogP contribution in [0.4, 0.5) is 15.9 Å². The standard InChI is InChI=1S/C31H29ClFN5O5S/c1-18(17-44(2)43)38-30(41)24(23-6-5-7-25(33)28(23)32)15-37(31(38)42)16-27(39)35-22-10-9-19-12-21(13-20(19)14-22)29(40)36-26-8-3-4-11-34-26/h3-11,14-15,18,21H,12-13,16-17H2,1-2H3,(H,35,39)(H,34,36,40). The normalized spacial score (nSPS) is 15.3. The average molecular weight is 638 g/mol. The number of amides is 2. The summed E-state index contributed by atoms with van der Waals surface area (Å²) in [7, 11) is 0. The van der Waals surface area contributed by atoms with E-state index in [1.54, 1.807) is 43.5 Å². The highest BCUT2D eigenvalue weighted by molar-refractivity contribution is 7.90. The maximum atomic E-state index is 14.3. The summed E-state index contributed by atoms with van der Waals surface area (Å²) < 4.78 is 28.2. The minimum absolute atomic E-state index is 0.0116. The summed E-state index contributed by atoms with van der Waals surface area (Å²) in [6.07, 6.45) is 5.26. The number of anilines is 2. The Bertz CT molecular complexity index is 1850. The van der Waals surface area contributed by atoms with Gasteiger partial charge in [-0.3, -0.25) is 23.5 Å². The Kier molecular flexibility index (Phi) is 9.33. The molecule has 10 nitrogen and oxygen atoms in total. The maximum Gasteiger partial charge on any atom is 0.331 e. The van der Waals surface area contributed by atoms with Gasteiger partial charge in [-0.05, 0) is 61.2 Å². The van der Waals surface area contributed by atoms with Crippen molar-refractivity contribution in [1.29, 1.82) is 0 Å². The van der Waals surface area contributed by atoms with Gasteiger partial charge in [-0.1, -0.05) is 47.0 Å².